The van der Waals surface area contributed by atoms with Gasteiger partial charge in [0.2, 0.25) is 0 Å². The molecule has 0 aliphatic heterocycles. The number of aromatic nitrogens is 1. The van der Waals surface area contributed by atoms with Gasteiger partial charge in [-0.05, 0) is 83.3 Å². The molecule has 0 bridgehead atoms. The van der Waals surface area contributed by atoms with Gasteiger partial charge in [-0.15, -0.1) is 0 Å². The summed E-state index contributed by atoms with van der Waals surface area (Å²) >= 11 is 0. The maximum Gasteiger partial charge on any atom is 0.488 e. The summed E-state index contributed by atoms with van der Waals surface area (Å²) in [6, 6.07) is 51.9. The lowest BCUT2D eigenvalue weighted by Crippen LogP contribution is -2.29. The van der Waals surface area contributed by atoms with Crippen LogP contribution < -0.4 is 10.4 Å². The Hall–Kier alpha value is -5.10. The van der Waals surface area contributed by atoms with Gasteiger partial charge in [-0.2, -0.15) is 0 Å². The first kappa shape index (κ1) is 24.9. The number of para-hydroxylation sites is 3. The molecule has 0 amide bonds. The summed E-state index contributed by atoms with van der Waals surface area (Å²) in [4.78, 5) is 2.16. The van der Waals surface area contributed by atoms with E-state index in [1.165, 1.54) is 21.8 Å². The standard InChI is InChI=1S/C36H27BN2O2/c40-37(41)28-18-22-32(23-19-28)38(29-9-3-1-4-10-29)31-20-15-26(16-21-31)27-17-24-36-34(25-27)33-13-7-8-14-35(33)39(36)30-11-5-2-6-12-30/h1-25,40-41H. The Morgan fingerprint density at radius 2 is 1.00 bits per heavy atom. The summed E-state index contributed by atoms with van der Waals surface area (Å²) in [5, 5.41) is 21.6. The van der Waals surface area contributed by atoms with Crippen LogP contribution in [0.5, 0.6) is 0 Å². The summed E-state index contributed by atoms with van der Waals surface area (Å²) in [6.07, 6.45) is 0. The van der Waals surface area contributed by atoms with Crippen LogP contribution in [0.15, 0.2) is 152 Å². The molecule has 196 valence electrons. The van der Waals surface area contributed by atoms with Crippen molar-refractivity contribution in [1.29, 1.82) is 0 Å². The second kappa shape index (κ2) is 10.5. The second-order valence-corrected chi connectivity index (χ2v) is 10.1. The molecule has 0 unspecified atom stereocenters. The largest absolute Gasteiger partial charge is 0.488 e. The minimum atomic E-state index is -1.49. The lowest BCUT2D eigenvalue weighted by atomic mass is 9.80. The molecule has 0 radical (unpaired) electrons. The third-order valence-electron chi connectivity index (χ3n) is 7.61. The Balaban J connectivity index is 1.30. The molecule has 0 saturated heterocycles. The molecule has 1 aromatic heterocycles. The number of fused-ring (bicyclic) bond motifs is 3. The smallest absolute Gasteiger partial charge is 0.423 e. The molecule has 0 spiro atoms. The van der Waals surface area contributed by atoms with Crippen LogP contribution in [-0.2, 0) is 0 Å². The highest BCUT2D eigenvalue weighted by Gasteiger charge is 2.16. The summed E-state index contributed by atoms with van der Waals surface area (Å²) < 4.78 is 2.33. The van der Waals surface area contributed by atoms with Gasteiger partial charge in [0.05, 0.1) is 11.0 Å². The quantitative estimate of drug-likeness (QED) is 0.218. The molecule has 1 heterocycles. The SMILES string of the molecule is OB(O)c1ccc(N(c2ccccc2)c2ccc(-c3ccc4c(c3)c3ccccc3n4-c3ccccc3)cc2)cc1. The molecule has 41 heavy (non-hydrogen) atoms. The van der Waals surface area contributed by atoms with E-state index in [2.05, 4.69) is 113 Å². The molecule has 5 heteroatoms. The van der Waals surface area contributed by atoms with Crippen LogP contribution in [0.4, 0.5) is 17.1 Å². The Bertz CT molecular complexity index is 1950. The molecular formula is C36H27BN2O2. The highest BCUT2D eigenvalue weighted by atomic mass is 16.4. The van der Waals surface area contributed by atoms with Crippen molar-refractivity contribution in [3.8, 4) is 16.8 Å². The van der Waals surface area contributed by atoms with Crippen molar-refractivity contribution in [2.24, 2.45) is 0 Å². The Kier molecular flexibility index (Phi) is 6.36. The van der Waals surface area contributed by atoms with Gasteiger partial charge in [0.1, 0.15) is 0 Å². The van der Waals surface area contributed by atoms with Gasteiger partial charge in [-0.3, -0.25) is 0 Å². The highest BCUT2D eigenvalue weighted by Crippen LogP contribution is 2.37. The number of nitrogens with zero attached hydrogens (tertiary/aromatic N) is 2. The fourth-order valence-corrected chi connectivity index (χ4v) is 5.63. The lowest BCUT2D eigenvalue weighted by Gasteiger charge is -2.26. The van der Waals surface area contributed by atoms with E-state index in [1.807, 2.05) is 36.4 Å². The van der Waals surface area contributed by atoms with E-state index in [1.54, 1.807) is 12.1 Å². The second-order valence-electron chi connectivity index (χ2n) is 10.1. The van der Waals surface area contributed by atoms with E-state index in [4.69, 9.17) is 0 Å². The van der Waals surface area contributed by atoms with E-state index in [0.29, 0.717) is 5.46 Å². The van der Waals surface area contributed by atoms with Crippen molar-refractivity contribution >= 4 is 51.4 Å². The van der Waals surface area contributed by atoms with Crippen molar-refractivity contribution < 1.29 is 10.0 Å². The topological polar surface area (TPSA) is 48.6 Å². The fraction of sp³-hybridized carbons (Fsp3) is 0. The summed E-state index contributed by atoms with van der Waals surface area (Å²) in [5.74, 6) is 0. The van der Waals surface area contributed by atoms with E-state index in [-0.39, 0.29) is 0 Å². The van der Waals surface area contributed by atoms with Gasteiger partial charge in [-0.1, -0.05) is 84.9 Å². The van der Waals surface area contributed by atoms with Crippen LogP contribution >= 0.6 is 0 Å². The lowest BCUT2D eigenvalue weighted by molar-refractivity contribution is 0.426. The van der Waals surface area contributed by atoms with Crippen LogP contribution in [-0.4, -0.2) is 21.7 Å². The zero-order valence-electron chi connectivity index (χ0n) is 22.3. The van der Waals surface area contributed by atoms with Gasteiger partial charge in [0.25, 0.3) is 0 Å². The van der Waals surface area contributed by atoms with Gasteiger partial charge in [0.15, 0.2) is 0 Å². The molecule has 0 aliphatic rings. The maximum atomic E-state index is 9.55. The molecule has 0 aliphatic carbocycles. The molecule has 4 nitrogen and oxygen atoms in total. The van der Waals surface area contributed by atoms with Crippen LogP contribution in [0.3, 0.4) is 0 Å². The molecule has 0 atom stereocenters. The first-order valence-corrected chi connectivity index (χ1v) is 13.7. The van der Waals surface area contributed by atoms with Gasteiger partial charge < -0.3 is 19.5 Å². The minimum Gasteiger partial charge on any atom is -0.423 e. The van der Waals surface area contributed by atoms with E-state index in [9.17, 15) is 10.0 Å². The molecule has 6 aromatic carbocycles. The van der Waals surface area contributed by atoms with Gasteiger partial charge >= 0.3 is 7.12 Å². The van der Waals surface area contributed by atoms with E-state index >= 15 is 0 Å². The van der Waals surface area contributed by atoms with Crippen molar-refractivity contribution in [2.45, 2.75) is 0 Å². The number of anilines is 3. The Morgan fingerprint density at radius 3 is 1.68 bits per heavy atom. The average molecular weight is 530 g/mol. The maximum absolute atomic E-state index is 9.55. The molecule has 0 fully saturated rings. The van der Waals surface area contributed by atoms with Gasteiger partial charge in [-0.25, -0.2) is 0 Å². The third kappa shape index (κ3) is 4.57. The van der Waals surface area contributed by atoms with Gasteiger partial charge in [0, 0.05) is 33.5 Å². The van der Waals surface area contributed by atoms with Crippen molar-refractivity contribution in [1.82, 2.24) is 4.57 Å². The number of benzene rings is 6. The van der Waals surface area contributed by atoms with Crippen LogP contribution in [0.25, 0.3) is 38.6 Å². The monoisotopic (exact) mass is 530 g/mol. The van der Waals surface area contributed by atoms with Crippen LogP contribution in [0.2, 0.25) is 0 Å². The average Bonchev–Trinajstić information content (AvgIpc) is 3.36. The number of hydrogen-bond acceptors (Lipinski definition) is 3. The Labute approximate surface area is 239 Å². The zero-order valence-corrected chi connectivity index (χ0v) is 22.3. The van der Waals surface area contributed by atoms with Crippen molar-refractivity contribution in [3.05, 3.63) is 152 Å². The van der Waals surface area contributed by atoms with Crippen molar-refractivity contribution in [2.75, 3.05) is 4.90 Å². The van der Waals surface area contributed by atoms with Crippen LogP contribution in [0, 0.1) is 0 Å². The summed E-state index contributed by atoms with van der Waals surface area (Å²) in [6.45, 7) is 0. The first-order valence-electron chi connectivity index (χ1n) is 13.7. The zero-order chi connectivity index (χ0) is 27.8. The fourth-order valence-electron chi connectivity index (χ4n) is 5.63. The van der Waals surface area contributed by atoms with Crippen molar-refractivity contribution in [3.63, 3.8) is 0 Å². The number of rotatable bonds is 6. The minimum absolute atomic E-state index is 0.459. The molecular weight excluding hydrogens is 503 g/mol. The predicted molar refractivity (Wildman–Crippen MR) is 171 cm³/mol. The van der Waals surface area contributed by atoms with E-state index in [0.717, 1.165) is 33.9 Å². The summed E-state index contributed by atoms with van der Waals surface area (Å²) in [7, 11) is -1.49. The first-order chi connectivity index (χ1) is 20.2. The van der Waals surface area contributed by atoms with Crippen LogP contribution in [0.1, 0.15) is 0 Å². The number of hydrogen-bond donors (Lipinski definition) is 2. The predicted octanol–water partition coefficient (Wildman–Crippen LogP) is 7.60. The molecule has 7 rings (SSSR count). The molecule has 2 N–H and O–H groups in total. The molecule has 0 saturated carbocycles. The molecule has 7 aromatic rings. The normalized spacial score (nSPS) is 11.2. The third-order valence-corrected chi connectivity index (χ3v) is 7.61. The van der Waals surface area contributed by atoms with E-state index < -0.39 is 7.12 Å². The Morgan fingerprint density at radius 1 is 0.463 bits per heavy atom. The summed E-state index contributed by atoms with van der Waals surface area (Å²) in [5.41, 5.74) is 9.25. The highest BCUT2D eigenvalue weighted by molar-refractivity contribution is 6.58.